The number of phenols is 1. The van der Waals surface area contributed by atoms with Gasteiger partial charge in [0.05, 0.1) is 12.8 Å². The summed E-state index contributed by atoms with van der Waals surface area (Å²) in [5, 5.41) is 13.3. The molecule has 0 bridgehead atoms. The summed E-state index contributed by atoms with van der Waals surface area (Å²) in [5.41, 5.74) is 4.44. The van der Waals surface area contributed by atoms with E-state index in [1.165, 1.54) is 24.3 Å². The third kappa shape index (κ3) is 3.82. The van der Waals surface area contributed by atoms with Crippen molar-refractivity contribution in [2.45, 2.75) is 6.92 Å². The van der Waals surface area contributed by atoms with Crippen LogP contribution in [-0.2, 0) is 0 Å². The highest BCUT2D eigenvalue weighted by Gasteiger charge is 2.05. The quantitative estimate of drug-likeness (QED) is 0.669. The number of nitrogens with one attached hydrogen (secondary N) is 1. The number of amides is 1. The molecule has 1 amide bonds. The molecule has 0 aliphatic carbocycles. The molecule has 0 heterocycles. The molecule has 21 heavy (non-hydrogen) atoms. The van der Waals surface area contributed by atoms with E-state index in [-0.39, 0.29) is 11.7 Å². The van der Waals surface area contributed by atoms with Gasteiger partial charge in [0.25, 0.3) is 5.91 Å². The maximum Gasteiger partial charge on any atom is 0.271 e. The molecule has 108 valence electrons. The number of nitrogens with zero attached hydrogens (tertiary/aromatic N) is 1. The molecule has 5 nitrogen and oxygen atoms in total. The van der Waals surface area contributed by atoms with Gasteiger partial charge in [-0.15, -0.1) is 0 Å². The summed E-state index contributed by atoms with van der Waals surface area (Å²) in [7, 11) is 1.60. The van der Waals surface area contributed by atoms with Crippen LogP contribution in [0.2, 0.25) is 0 Å². The van der Waals surface area contributed by atoms with E-state index in [2.05, 4.69) is 10.5 Å². The highest BCUT2D eigenvalue weighted by Crippen LogP contribution is 2.13. The molecule has 5 heteroatoms. The van der Waals surface area contributed by atoms with Crippen LogP contribution in [0.4, 0.5) is 0 Å². The standard InChI is InChI=1S/C16H16N2O3/c1-11(13-4-3-5-15(10-13)21-2)17-18-16(20)12-6-8-14(19)9-7-12/h3-10,19H,1-2H3,(H,18,20)/b17-11+. The molecular weight excluding hydrogens is 268 g/mol. The first-order valence-corrected chi connectivity index (χ1v) is 6.38. The highest BCUT2D eigenvalue weighted by atomic mass is 16.5. The summed E-state index contributed by atoms with van der Waals surface area (Å²) in [4.78, 5) is 11.9. The first-order chi connectivity index (χ1) is 10.1. The number of phenolic OH excluding ortho intramolecular Hbond substituents is 1. The minimum Gasteiger partial charge on any atom is -0.508 e. The van der Waals surface area contributed by atoms with E-state index in [1.807, 2.05) is 24.3 Å². The van der Waals surface area contributed by atoms with Gasteiger partial charge in [-0.1, -0.05) is 12.1 Å². The SMILES string of the molecule is COc1cccc(/C(C)=N/NC(=O)c2ccc(O)cc2)c1. The topological polar surface area (TPSA) is 70.9 Å². The molecule has 0 aliphatic heterocycles. The summed E-state index contributed by atoms with van der Waals surface area (Å²) >= 11 is 0. The third-order valence-electron chi connectivity index (χ3n) is 2.94. The van der Waals surface area contributed by atoms with Crippen LogP contribution in [-0.4, -0.2) is 23.8 Å². The van der Waals surface area contributed by atoms with Crippen molar-refractivity contribution in [3.63, 3.8) is 0 Å². The summed E-state index contributed by atoms with van der Waals surface area (Å²) in [6, 6.07) is 13.4. The van der Waals surface area contributed by atoms with Crippen LogP contribution in [0.3, 0.4) is 0 Å². The number of aromatic hydroxyl groups is 1. The van der Waals surface area contributed by atoms with Gasteiger partial charge < -0.3 is 9.84 Å². The Morgan fingerprint density at radius 2 is 1.86 bits per heavy atom. The molecule has 0 unspecified atom stereocenters. The molecule has 0 radical (unpaired) electrons. The lowest BCUT2D eigenvalue weighted by Crippen LogP contribution is -2.19. The Kier molecular flexibility index (Phi) is 4.56. The number of hydrogen-bond acceptors (Lipinski definition) is 4. The van der Waals surface area contributed by atoms with Crippen LogP contribution in [0.25, 0.3) is 0 Å². The van der Waals surface area contributed by atoms with E-state index in [0.29, 0.717) is 11.3 Å². The lowest BCUT2D eigenvalue weighted by Gasteiger charge is -2.05. The fraction of sp³-hybridized carbons (Fsp3) is 0.125. The van der Waals surface area contributed by atoms with Crippen LogP contribution >= 0.6 is 0 Å². The van der Waals surface area contributed by atoms with Gasteiger partial charge in [-0.2, -0.15) is 5.10 Å². The van der Waals surface area contributed by atoms with Crippen molar-refractivity contribution in [1.82, 2.24) is 5.43 Å². The summed E-state index contributed by atoms with van der Waals surface area (Å²) < 4.78 is 5.15. The predicted octanol–water partition coefficient (Wildman–Crippen LogP) is 2.55. The van der Waals surface area contributed by atoms with E-state index in [0.717, 1.165) is 11.3 Å². The molecule has 0 saturated heterocycles. The zero-order valence-corrected chi connectivity index (χ0v) is 11.8. The first kappa shape index (κ1) is 14.6. The summed E-state index contributed by atoms with van der Waals surface area (Å²) in [5.74, 6) is 0.506. The lowest BCUT2D eigenvalue weighted by molar-refractivity contribution is 0.0955. The number of rotatable bonds is 4. The van der Waals surface area contributed by atoms with Gasteiger partial charge in [-0.3, -0.25) is 4.79 Å². The average Bonchev–Trinajstić information content (AvgIpc) is 2.53. The van der Waals surface area contributed by atoms with Crippen LogP contribution < -0.4 is 10.2 Å². The van der Waals surface area contributed by atoms with Crippen molar-refractivity contribution < 1.29 is 14.6 Å². The molecule has 2 N–H and O–H groups in total. The molecule has 0 spiro atoms. The molecule has 0 atom stereocenters. The largest absolute Gasteiger partial charge is 0.508 e. The van der Waals surface area contributed by atoms with Crippen molar-refractivity contribution in [2.75, 3.05) is 7.11 Å². The minimum atomic E-state index is -0.336. The van der Waals surface area contributed by atoms with E-state index >= 15 is 0 Å². The maximum absolute atomic E-state index is 11.9. The fourth-order valence-corrected chi connectivity index (χ4v) is 1.72. The zero-order chi connectivity index (χ0) is 15.2. The lowest BCUT2D eigenvalue weighted by atomic mass is 10.1. The monoisotopic (exact) mass is 284 g/mol. The van der Waals surface area contributed by atoms with E-state index in [9.17, 15) is 9.90 Å². The minimum absolute atomic E-state index is 0.114. The number of benzene rings is 2. The molecule has 0 aliphatic rings. The van der Waals surface area contributed by atoms with Gasteiger partial charge >= 0.3 is 0 Å². The molecular formula is C16H16N2O3. The Hall–Kier alpha value is -2.82. The second kappa shape index (κ2) is 6.56. The number of ether oxygens (including phenoxy) is 1. The molecule has 0 saturated carbocycles. The van der Waals surface area contributed by atoms with Crippen LogP contribution in [0.5, 0.6) is 11.5 Å². The second-order valence-electron chi connectivity index (χ2n) is 4.42. The molecule has 0 fully saturated rings. The van der Waals surface area contributed by atoms with Crippen LogP contribution in [0, 0.1) is 0 Å². The van der Waals surface area contributed by atoms with Gasteiger partial charge in [-0.25, -0.2) is 5.43 Å². The van der Waals surface area contributed by atoms with Crippen molar-refractivity contribution in [3.05, 3.63) is 59.7 Å². The average molecular weight is 284 g/mol. The molecule has 2 aromatic carbocycles. The highest BCUT2D eigenvalue weighted by molar-refractivity contribution is 6.01. The van der Waals surface area contributed by atoms with Crippen molar-refractivity contribution in [1.29, 1.82) is 0 Å². The van der Waals surface area contributed by atoms with Crippen LogP contribution in [0.1, 0.15) is 22.8 Å². The summed E-state index contributed by atoms with van der Waals surface area (Å²) in [6.07, 6.45) is 0. The Bertz CT molecular complexity index is 663. The predicted molar refractivity (Wildman–Crippen MR) is 80.8 cm³/mol. The maximum atomic E-state index is 11.9. The Balaban J connectivity index is 2.09. The van der Waals surface area contributed by atoms with Gasteiger partial charge in [0, 0.05) is 11.1 Å². The van der Waals surface area contributed by atoms with Crippen molar-refractivity contribution >= 4 is 11.6 Å². The second-order valence-corrected chi connectivity index (χ2v) is 4.42. The molecule has 2 aromatic rings. The smallest absolute Gasteiger partial charge is 0.271 e. The Morgan fingerprint density at radius 1 is 1.14 bits per heavy atom. The normalized spacial score (nSPS) is 11.0. The Morgan fingerprint density at radius 3 is 2.52 bits per heavy atom. The zero-order valence-electron chi connectivity index (χ0n) is 11.8. The summed E-state index contributed by atoms with van der Waals surface area (Å²) in [6.45, 7) is 1.80. The van der Waals surface area contributed by atoms with Crippen molar-refractivity contribution in [2.24, 2.45) is 5.10 Å². The number of carbonyl (C=O) groups is 1. The third-order valence-corrected chi connectivity index (χ3v) is 2.94. The number of hydrogen-bond donors (Lipinski definition) is 2. The van der Waals surface area contributed by atoms with Gasteiger partial charge in [0.1, 0.15) is 11.5 Å². The number of carbonyl (C=O) groups excluding carboxylic acids is 1. The van der Waals surface area contributed by atoms with E-state index in [1.54, 1.807) is 14.0 Å². The number of methoxy groups -OCH3 is 1. The fourth-order valence-electron chi connectivity index (χ4n) is 1.72. The van der Waals surface area contributed by atoms with Crippen molar-refractivity contribution in [3.8, 4) is 11.5 Å². The Labute approximate surface area is 122 Å². The molecule has 0 aromatic heterocycles. The molecule has 2 rings (SSSR count). The first-order valence-electron chi connectivity index (χ1n) is 6.38. The van der Waals surface area contributed by atoms with E-state index in [4.69, 9.17) is 4.74 Å². The van der Waals surface area contributed by atoms with Gasteiger partial charge in [0.2, 0.25) is 0 Å². The van der Waals surface area contributed by atoms with E-state index < -0.39 is 0 Å². The number of hydrazone groups is 1. The van der Waals surface area contributed by atoms with Gasteiger partial charge in [0.15, 0.2) is 0 Å². The van der Waals surface area contributed by atoms with Gasteiger partial charge in [-0.05, 0) is 43.3 Å². The van der Waals surface area contributed by atoms with Crippen LogP contribution in [0.15, 0.2) is 53.6 Å².